The third kappa shape index (κ3) is 2.52. The average Bonchev–Trinajstić information content (AvgIpc) is 2.94. The van der Waals surface area contributed by atoms with E-state index in [9.17, 15) is 9.18 Å². The zero-order valence-electron chi connectivity index (χ0n) is 13.7. The molecule has 0 bridgehead atoms. The lowest BCUT2D eigenvalue weighted by Gasteiger charge is -2.03. The van der Waals surface area contributed by atoms with Crippen LogP contribution in [0.15, 0.2) is 52.4 Å². The highest BCUT2D eigenvalue weighted by Gasteiger charge is 2.13. The van der Waals surface area contributed by atoms with Gasteiger partial charge in [-0.15, -0.1) is 0 Å². The summed E-state index contributed by atoms with van der Waals surface area (Å²) in [5.41, 5.74) is 2.94. The molecule has 0 fully saturated rings. The van der Waals surface area contributed by atoms with Crippen molar-refractivity contribution < 1.29 is 4.39 Å². The molecule has 6 heteroatoms. The maximum atomic E-state index is 13.7. The van der Waals surface area contributed by atoms with Gasteiger partial charge >= 0.3 is 0 Å². The van der Waals surface area contributed by atoms with Gasteiger partial charge in [0.1, 0.15) is 22.7 Å². The highest BCUT2D eigenvalue weighted by molar-refractivity contribution is 6.04. The molecule has 25 heavy (non-hydrogen) atoms. The molecule has 0 aliphatic carbocycles. The van der Waals surface area contributed by atoms with Crippen molar-refractivity contribution in [3.05, 3.63) is 75.6 Å². The van der Waals surface area contributed by atoms with Crippen LogP contribution in [-0.2, 0) is 0 Å². The molecule has 2 aromatic carbocycles. The molecular weight excluding hydrogens is 319 g/mol. The molecule has 0 unspecified atom stereocenters. The molecule has 0 spiro atoms. The smallest absolute Gasteiger partial charge is 0.298 e. The van der Waals surface area contributed by atoms with E-state index < -0.39 is 5.82 Å². The summed E-state index contributed by atoms with van der Waals surface area (Å²) >= 11 is 0. The Labute approximate surface area is 142 Å². The molecule has 2 aromatic heterocycles. The molecule has 4 aromatic rings. The molecule has 124 valence electrons. The molecule has 1 N–H and O–H groups in total. The molecule has 2 heterocycles. The third-order valence-electron chi connectivity index (χ3n) is 4.13. The fraction of sp³-hybridized carbons (Fsp3) is 0.105. The topological polar surface area (TPSA) is 63.0 Å². The summed E-state index contributed by atoms with van der Waals surface area (Å²) < 4.78 is 14.9. The van der Waals surface area contributed by atoms with Crippen molar-refractivity contribution in [1.82, 2.24) is 14.6 Å². The van der Waals surface area contributed by atoms with E-state index in [4.69, 9.17) is 0 Å². The number of fused-ring (bicyclic) bond motifs is 3. The Kier molecular flexibility index (Phi) is 3.46. The summed E-state index contributed by atoms with van der Waals surface area (Å²) in [6.07, 6.45) is 1.32. The van der Waals surface area contributed by atoms with Crippen LogP contribution >= 0.6 is 0 Å². The van der Waals surface area contributed by atoms with Crippen molar-refractivity contribution in [1.29, 1.82) is 0 Å². The van der Waals surface area contributed by atoms with Gasteiger partial charge < -0.3 is 4.98 Å². The van der Waals surface area contributed by atoms with Gasteiger partial charge in [0.15, 0.2) is 0 Å². The van der Waals surface area contributed by atoms with E-state index in [1.165, 1.54) is 17.0 Å². The first-order valence-corrected chi connectivity index (χ1v) is 7.85. The van der Waals surface area contributed by atoms with Crippen LogP contribution in [-0.4, -0.2) is 20.9 Å². The summed E-state index contributed by atoms with van der Waals surface area (Å²) in [5.74, 6) is 0.0413. The summed E-state index contributed by atoms with van der Waals surface area (Å²) in [7, 11) is 0. The first-order chi connectivity index (χ1) is 12.0. The van der Waals surface area contributed by atoms with E-state index in [2.05, 4.69) is 15.1 Å². The van der Waals surface area contributed by atoms with Crippen molar-refractivity contribution in [2.24, 2.45) is 5.10 Å². The van der Waals surface area contributed by atoms with E-state index in [1.807, 2.05) is 25.1 Å². The molecule has 4 rings (SSSR count). The Balaban J connectivity index is 1.92. The zero-order valence-corrected chi connectivity index (χ0v) is 13.7. The van der Waals surface area contributed by atoms with Crippen molar-refractivity contribution >= 4 is 28.2 Å². The van der Waals surface area contributed by atoms with Gasteiger partial charge in [0.2, 0.25) is 0 Å². The van der Waals surface area contributed by atoms with Crippen LogP contribution in [0.25, 0.3) is 21.9 Å². The Hall–Kier alpha value is -3.28. The summed E-state index contributed by atoms with van der Waals surface area (Å²) in [6.45, 7) is 3.69. The normalized spacial score (nSPS) is 11.8. The van der Waals surface area contributed by atoms with Crippen molar-refractivity contribution in [3.63, 3.8) is 0 Å². The van der Waals surface area contributed by atoms with Gasteiger partial charge in [-0.25, -0.2) is 9.37 Å². The second-order valence-electron chi connectivity index (χ2n) is 5.94. The lowest BCUT2D eigenvalue weighted by atomic mass is 10.2. The Morgan fingerprint density at radius 1 is 1.20 bits per heavy atom. The molecule has 5 nitrogen and oxygen atoms in total. The molecule has 0 saturated heterocycles. The quantitative estimate of drug-likeness (QED) is 0.570. The van der Waals surface area contributed by atoms with Gasteiger partial charge in [-0.05, 0) is 32.0 Å². The van der Waals surface area contributed by atoms with E-state index in [-0.39, 0.29) is 5.56 Å². The van der Waals surface area contributed by atoms with Gasteiger partial charge in [0.25, 0.3) is 5.56 Å². The van der Waals surface area contributed by atoms with Gasteiger partial charge in [0, 0.05) is 16.5 Å². The van der Waals surface area contributed by atoms with Crippen LogP contribution in [0.3, 0.4) is 0 Å². The number of nitrogens with one attached hydrogen (secondary N) is 1. The molecule has 0 amide bonds. The molecule has 0 aliphatic rings. The predicted octanol–water partition coefficient (Wildman–Crippen LogP) is 3.52. The second-order valence-corrected chi connectivity index (χ2v) is 5.94. The number of H-pyrrole nitrogens is 1. The minimum atomic E-state index is -0.396. The molecule has 0 saturated carbocycles. The summed E-state index contributed by atoms with van der Waals surface area (Å²) in [5, 5.41) is 5.03. The molecule has 0 radical (unpaired) electrons. The van der Waals surface area contributed by atoms with Crippen LogP contribution in [0.2, 0.25) is 0 Å². The first-order valence-electron chi connectivity index (χ1n) is 7.85. The number of aryl methyl sites for hydroxylation is 2. The third-order valence-corrected chi connectivity index (χ3v) is 4.13. The van der Waals surface area contributed by atoms with Crippen LogP contribution < -0.4 is 5.56 Å². The van der Waals surface area contributed by atoms with Crippen LogP contribution in [0.4, 0.5) is 4.39 Å². The van der Waals surface area contributed by atoms with Crippen LogP contribution in [0, 0.1) is 19.7 Å². The maximum Gasteiger partial charge on any atom is 0.298 e. The largest absolute Gasteiger partial charge is 0.349 e. The lowest BCUT2D eigenvalue weighted by molar-refractivity contribution is 0.625. The van der Waals surface area contributed by atoms with Crippen molar-refractivity contribution in [3.8, 4) is 0 Å². The highest BCUT2D eigenvalue weighted by atomic mass is 19.1. The summed E-state index contributed by atoms with van der Waals surface area (Å²) in [4.78, 5) is 20.4. The summed E-state index contributed by atoms with van der Waals surface area (Å²) in [6, 6.07) is 12.1. The van der Waals surface area contributed by atoms with E-state index in [0.717, 1.165) is 16.5 Å². The number of rotatable bonds is 2. The zero-order chi connectivity index (χ0) is 17.6. The number of hydrogen-bond acceptors (Lipinski definition) is 3. The minimum absolute atomic E-state index is 0.307. The predicted molar refractivity (Wildman–Crippen MR) is 96.7 cm³/mol. The maximum absolute atomic E-state index is 13.7. The van der Waals surface area contributed by atoms with Gasteiger partial charge in [-0.3, -0.25) is 4.79 Å². The minimum Gasteiger partial charge on any atom is -0.349 e. The standard InChI is InChI=1S/C19H15FN4O/c1-11-7-8-16-14(9-11)17-18(23-16)19(25)24(12(2)22-17)21-10-13-5-3-4-6-15(13)20/h3-10,23H,1-2H3/b21-10+. The Morgan fingerprint density at radius 3 is 2.80 bits per heavy atom. The number of nitrogens with zero attached hydrogens (tertiary/aromatic N) is 3. The number of halogens is 1. The van der Waals surface area contributed by atoms with Crippen LogP contribution in [0.1, 0.15) is 17.0 Å². The number of aromatic nitrogens is 3. The van der Waals surface area contributed by atoms with E-state index in [0.29, 0.717) is 22.4 Å². The number of hydrogen-bond donors (Lipinski definition) is 1. The van der Waals surface area contributed by atoms with Gasteiger partial charge in [-0.2, -0.15) is 9.78 Å². The fourth-order valence-corrected chi connectivity index (χ4v) is 2.86. The number of aromatic amines is 1. The second kappa shape index (κ2) is 5.66. The Bertz CT molecular complexity index is 1200. The lowest BCUT2D eigenvalue weighted by Crippen LogP contribution is -2.20. The van der Waals surface area contributed by atoms with Crippen molar-refractivity contribution in [2.75, 3.05) is 0 Å². The molecule has 0 atom stereocenters. The van der Waals surface area contributed by atoms with Crippen LogP contribution in [0.5, 0.6) is 0 Å². The number of benzene rings is 2. The fourth-order valence-electron chi connectivity index (χ4n) is 2.86. The van der Waals surface area contributed by atoms with Gasteiger partial charge in [0.05, 0.1) is 6.21 Å². The molecular formula is C19H15FN4O. The SMILES string of the molecule is Cc1ccc2[nH]c3c(=O)n(/N=C/c4ccccc4F)c(C)nc3c2c1. The van der Waals surface area contributed by atoms with E-state index >= 15 is 0 Å². The first kappa shape index (κ1) is 15.3. The Morgan fingerprint density at radius 2 is 2.00 bits per heavy atom. The average molecular weight is 334 g/mol. The van der Waals surface area contributed by atoms with Crippen molar-refractivity contribution in [2.45, 2.75) is 13.8 Å². The monoisotopic (exact) mass is 334 g/mol. The highest BCUT2D eigenvalue weighted by Crippen LogP contribution is 2.23. The van der Waals surface area contributed by atoms with Gasteiger partial charge in [-0.1, -0.05) is 29.8 Å². The van der Waals surface area contributed by atoms with E-state index in [1.54, 1.807) is 25.1 Å². The molecule has 0 aliphatic heterocycles.